The van der Waals surface area contributed by atoms with Crippen LogP contribution in [0.4, 0.5) is 35.3 Å². The summed E-state index contributed by atoms with van der Waals surface area (Å²) < 4.78 is 38.5. The highest BCUT2D eigenvalue weighted by Gasteiger charge is 2.30. The predicted octanol–water partition coefficient (Wildman–Crippen LogP) is 3.59. The number of piperazine rings is 1. The fraction of sp³-hybridized carbons (Fsp3) is 0.421. The molecule has 1 fully saturated rings. The van der Waals surface area contributed by atoms with Gasteiger partial charge in [0, 0.05) is 44.5 Å². The van der Waals surface area contributed by atoms with E-state index in [-0.39, 0.29) is 5.69 Å². The number of benzene rings is 1. The number of rotatable bonds is 4. The van der Waals surface area contributed by atoms with Crippen molar-refractivity contribution in [1.82, 2.24) is 14.9 Å². The molecule has 0 radical (unpaired) electrons. The number of carbonyl (C=O) groups is 1. The van der Waals surface area contributed by atoms with E-state index in [2.05, 4.69) is 25.5 Å². The van der Waals surface area contributed by atoms with Gasteiger partial charge in [-0.2, -0.15) is 13.2 Å². The molecule has 1 aliphatic rings. The summed E-state index contributed by atoms with van der Waals surface area (Å²) in [6.45, 7) is 6.56. The Kier molecular flexibility index (Phi) is 6.09. The molecule has 7 nitrogen and oxygen atoms in total. The average molecular weight is 408 g/mol. The minimum atomic E-state index is -4.45. The molecular formula is C19H23F3N6O. The first-order chi connectivity index (χ1) is 13.8. The van der Waals surface area contributed by atoms with Crippen LogP contribution in [0.5, 0.6) is 0 Å². The molecule has 0 spiro atoms. The second-order valence-electron chi connectivity index (χ2n) is 6.67. The summed E-state index contributed by atoms with van der Waals surface area (Å²) in [6, 6.07) is 6.07. The van der Waals surface area contributed by atoms with Gasteiger partial charge in [-0.15, -0.1) is 0 Å². The van der Waals surface area contributed by atoms with Crippen molar-refractivity contribution in [2.75, 3.05) is 48.3 Å². The first kappa shape index (κ1) is 20.7. The van der Waals surface area contributed by atoms with Crippen molar-refractivity contribution >= 4 is 23.4 Å². The highest BCUT2D eigenvalue weighted by Crippen LogP contribution is 2.30. The number of nitrogens with zero attached hydrogens (tertiary/aromatic N) is 4. The normalized spacial score (nSPS) is 14.7. The van der Waals surface area contributed by atoms with E-state index in [4.69, 9.17) is 0 Å². The average Bonchev–Trinajstić information content (AvgIpc) is 2.67. The van der Waals surface area contributed by atoms with Crippen molar-refractivity contribution < 1.29 is 18.0 Å². The summed E-state index contributed by atoms with van der Waals surface area (Å²) in [6.07, 6.45) is -4.45. The topological polar surface area (TPSA) is 73.4 Å². The molecule has 0 aliphatic carbocycles. The Balaban J connectivity index is 1.60. The number of hydrogen-bond donors (Lipinski definition) is 2. The SMILES string of the molecule is CCNc1cc(N2CCN(C(=O)Nc3cccc(C(F)(F)F)c3)CC2)nc(C)n1. The van der Waals surface area contributed by atoms with Crippen LogP contribution in [-0.4, -0.2) is 53.6 Å². The fourth-order valence-corrected chi connectivity index (χ4v) is 3.10. The number of halogens is 3. The Bertz CT molecular complexity index is 865. The Morgan fingerprint density at radius 2 is 1.86 bits per heavy atom. The number of hydrogen-bond acceptors (Lipinski definition) is 5. The lowest BCUT2D eigenvalue weighted by molar-refractivity contribution is -0.137. The summed E-state index contributed by atoms with van der Waals surface area (Å²) in [5.74, 6) is 2.19. The Labute approximate surface area is 166 Å². The lowest BCUT2D eigenvalue weighted by Crippen LogP contribution is -2.50. The minimum Gasteiger partial charge on any atom is -0.370 e. The maximum Gasteiger partial charge on any atom is 0.416 e. The molecule has 1 aliphatic heterocycles. The fourth-order valence-electron chi connectivity index (χ4n) is 3.10. The van der Waals surface area contributed by atoms with E-state index < -0.39 is 17.8 Å². The van der Waals surface area contributed by atoms with Crippen LogP contribution in [0.15, 0.2) is 30.3 Å². The highest BCUT2D eigenvalue weighted by atomic mass is 19.4. The standard InChI is InChI=1S/C19H23F3N6O/c1-3-23-16-12-17(25-13(2)24-16)27-7-9-28(10-8-27)18(29)26-15-6-4-5-14(11-15)19(20,21)22/h4-6,11-12H,3,7-10H2,1-2H3,(H,26,29)(H,23,24,25). The van der Waals surface area contributed by atoms with E-state index >= 15 is 0 Å². The van der Waals surface area contributed by atoms with E-state index in [1.165, 1.54) is 12.1 Å². The van der Waals surface area contributed by atoms with Crippen molar-refractivity contribution in [3.05, 3.63) is 41.7 Å². The van der Waals surface area contributed by atoms with Crippen molar-refractivity contribution in [2.24, 2.45) is 0 Å². The van der Waals surface area contributed by atoms with E-state index in [1.807, 2.05) is 19.9 Å². The van der Waals surface area contributed by atoms with Gasteiger partial charge in [-0.05, 0) is 32.0 Å². The van der Waals surface area contributed by atoms with Crippen molar-refractivity contribution in [3.8, 4) is 0 Å². The van der Waals surface area contributed by atoms with Gasteiger partial charge in [0.2, 0.25) is 0 Å². The second kappa shape index (κ2) is 8.54. The first-order valence-electron chi connectivity index (χ1n) is 9.34. The van der Waals surface area contributed by atoms with Crippen LogP contribution in [0.3, 0.4) is 0 Å². The third kappa shape index (κ3) is 5.27. The van der Waals surface area contributed by atoms with Gasteiger partial charge in [-0.1, -0.05) is 6.07 Å². The third-order valence-electron chi connectivity index (χ3n) is 4.51. The molecule has 2 N–H and O–H groups in total. The maximum atomic E-state index is 12.8. The summed E-state index contributed by atoms with van der Waals surface area (Å²) in [4.78, 5) is 24.9. The van der Waals surface area contributed by atoms with Crippen molar-refractivity contribution in [1.29, 1.82) is 0 Å². The van der Waals surface area contributed by atoms with Gasteiger partial charge in [0.25, 0.3) is 0 Å². The summed E-state index contributed by atoms with van der Waals surface area (Å²) in [5.41, 5.74) is -0.676. The Morgan fingerprint density at radius 3 is 2.52 bits per heavy atom. The molecule has 1 aromatic heterocycles. The molecule has 3 rings (SSSR count). The van der Waals surface area contributed by atoms with Gasteiger partial charge < -0.3 is 20.4 Å². The third-order valence-corrected chi connectivity index (χ3v) is 4.51. The molecule has 1 saturated heterocycles. The van der Waals surface area contributed by atoms with E-state index in [0.29, 0.717) is 32.0 Å². The lowest BCUT2D eigenvalue weighted by Gasteiger charge is -2.35. The lowest BCUT2D eigenvalue weighted by atomic mass is 10.2. The van der Waals surface area contributed by atoms with Gasteiger partial charge in [-0.25, -0.2) is 14.8 Å². The van der Waals surface area contributed by atoms with E-state index in [9.17, 15) is 18.0 Å². The second-order valence-corrected chi connectivity index (χ2v) is 6.67. The summed E-state index contributed by atoms with van der Waals surface area (Å²) >= 11 is 0. The molecule has 2 amide bonds. The zero-order chi connectivity index (χ0) is 21.0. The molecule has 2 heterocycles. The molecule has 29 heavy (non-hydrogen) atoms. The molecule has 0 atom stereocenters. The van der Waals surface area contributed by atoms with Gasteiger partial charge >= 0.3 is 12.2 Å². The molecule has 1 aromatic carbocycles. The summed E-state index contributed by atoms with van der Waals surface area (Å²) in [5, 5.41) is 5.71. The van der Waals surface area contributed by atoms with Gasteiger partial charge in [0.1, 0.15) is 17.5 Å². The Morgan fingerprint density at radius 1 is 1.14 bits per heavy atom. The molecular weight excluding hydrogens is 385 g/mol. The predicted molar refractivity (Wildman–Crippen MR) is 105 cm³/mol. The number of amides is 2. The van der Waals surface area contributed by atoms with Crippen LogP contribution < -0.4 is 15.5 Å². The quantitative estimate of drug-likeness (QED) is 0.809. The van der Waals surface area contributed by atoms with Gasteiger partial charge in [0.05, 0.1) is 5.56 Å². The summed E-state index contributed by atoms with van der Waals surface area (Å²) in [7, 11) is 0. The van der Waals surface area contributed by atoms with Crippen LogP contribution >= 0.6 is 0 Å². The highest BCUT2D eigenvalue weighted by molar-refractivity contribution is 5.89. The minimum absolute atomic E-state index is 0.119. The number of anilines is 3. The van der Waals surface area contributed by atoms with E-state index in [1.54, 1.807) is 4.90 Å². The molecule has 0 saturated carbocycles. The molecule has 0 unspecified atom stereocenters. The number of aryl methyl sites for hydroxylation is 1. The van der Waals surface area contributed by atoms with E-state index in [0.717, 1.165) is 30.3 Å². The van der Waals surface area contributed by atoms with Crippen LogP contribution in [0.2, 0.25) is 0 Å². The number of nitrogens with one attached hydrogen (secondary N) is 2. The largest absolute Gasteiger partial charge is 0.416 e. The molecule has 0 bridgehead atoms. The van der Waals surface area contributed by atoms with Crippen molar-refractivity contribution in [2.45, 2.75) is 20.0 Å². The zero-order valence-corrected chi connectivity index (χ0v) is 16.3. The first-order valence-corrected chi connectivity index (χ1v) is 9.34. The molecule has 156 valence electrons. The zero-order valence-electron chi connectivity index (χ0n) is 16.3. The number of carbonyl (C=O) groups excluding carboxylic acids is 1. The number of urea groups is 1. The van der Waals surface area contributed by atoms with Crippen LogP contribution in [0.1, 0.15) is 18.3 Å². The smallest absolute Gasteiger partial charge is 0.370 e. The van der Waals surface area contributed by atoms with Crippen LogP contribution in [0.25, 0.3) is 0 Å². The van der Waals surface area contributed by atoms with Crippen LogP contribution in [0, 0.1) is 6.92 Å². The Hall–Kier alpha value is -3.04. The monoisotopic (exact) mass is 408 g/mol. The number of aromatic nitrogens is 2. The maximum absolute atomic E-state index is 12.8. The number of alkyl halides is 3. The molecule has 2 aromatic rings. The van der Waals surface area contributed by atoms with Crippen molar-refractivity contribution in [3.63, 3.8) is 0 Å². The molecule has 10 heteroatoms. The van der Waals surface area contributed by atoms with Gasteiger partial charge in [-0.3, -0.25) is 0 Å². The van der Waals surface area contributed by atoms with Gasteiger partial charge in [0.15, 0.2) is 0 Å². The van der Waals surface area contributed by atoms with Crippen LogP contribution in [-0.2, 0) is 6.18 Å².